The van der Waals surface area contributed by atoms with E-state index in [0.29, 0.717) is 12.5 Å². The Morgan fingerprint density at radius 1 is 1.35 bits per heavy atom. The van der Waals surface area contributed by atoms with Gasteiger partial charge in [0.15, 0.2) is 11.7 Å². The number of halogens is 1. The standard InChI is InChI=1S/C17H27N5OS2.HI/c1-4-13(5-2)15-11-14(23-22-15)12-21-16(18-3)19-7-6-9-24-17-20-8-10-25-17;/h8,10-11,13H,4-7,9,12H2,1-3H3,(H2,18,19,21);1H. The summed E-state index contributed by atoms with van der Waals surface area (Å²) in [6.45, 7) is 5.81. The van der Waals surface area contributed by atoms with Gasteiger partial charge in [-0.25, -0.2) is 4.98 Å². The number of nitrogens with zero attached hydrogens (tertiary/aromatic N) is 3. The molecule has 26 heavy (non-hydrogen) atoms. The van der Waals surface area contributed by atoms with Gasteiger partial charge in [-0.1, -0.05) is 30.8 Å². The molecule has 0 atom stereocenters. The number of nitrogens with one attached hydrogen (secondary N) is 2. The molecule has 0 unspecified atom stereocenters. The van der Waals surface area contributed by atoms with Gasteiger partial charge in [-0.05, 0) is 19.3 Å². The fraction of sp³-hybridized carbons (Fsp3) is 0.588. The minimum Gasteiger partial charge on any atom is -0.359 e. The van der Waals surface area contributed by atoms with Crippen LogP contribution in [0, 0.1) is 0 Å². The van der Waals surface area contributed by atoms with E-state index in [9.17, 15) is 0 Å². The van der Waals surface area contributed by atoms with Crippen LogP contribution in [0.2, 0.25) is 0 Å². The van der Waals surface area contributed by atoms with Gasteiger partial charge < -0.3 is 15.2 Å². The molecular formula is C17H28IN5OS2. The van der Waals surface area contributed by atoms with Crippen LogP contribution in [0.1, 0.15) is 50.5 Å². The minimum atomic E-state index is 0. The summed E-state index contributed by atoms with van der Waals surface area (Å²) in [6.07, 6.45) is 5.05. The number of hydrogen-bond acceptors (Lipinski definition) is 6. The molecule has 0 aliphatic heterocycles. The van der Waals surface area contributed by atoms with Crippen LogP contribution >= 0.6 is 47.1 Å². The molecule has 0 radical (unpaired) electrons. The van der Waals surface area contributed by atoms with Crippen molar-refractivity contribution in [2.45, 2.75) is 49.9 Å². The molecule has 9 heteroatoms. The highest BCUT2D eigenvalue weighted by molar-refractivity contribution is 14.0. The summed E-state index contributed by atoms with van der Waals surface area (Å²) >= 11 is 3.47. The van der Waals surface area contributed by atoms with Gasteiger partial charge in [0.05, 0.1) is 12.2 Å². The first-order valence-corrected chi connectivity index (χ1v) is 10.6. The Kier molecular flexibility index (Phi) is 11.9. The Labute approximate surface area is 181 Å². The summed E-state index contributed by atoms with van der Waals surface area (Å²) in [5, 5.41) is 12.8. The molecule has 0 aliphatic carbocycles. The summed E-state index contributed by atoms with van der Waals surface area (Å²) in [5.74, 6) is 3.13. The Bertz CT molecular complexity index is 629. The van der Waals surface area contributed by atoms with Gasteiger partial charge in [0.1, 0.15) is 4.34 Å². The molecule has 2 N–H and O–H groups in total. The zero-order chi connectivity index (χ0) is 17.9. The number of aromatic nitrogens is 2. The van der Waals surface area contributed by atoms with Gasteiger partial charge >= 0.3 is 0 Å². The van der Waals surface area contributed by atoms with Crippen molar-refractivity contribution >= 4 is 53.0 Å². The van der Waals surface area contributed by atoms with E-state index in [0.717, 1.165) is 53.3 Å². The second-order valence-electron chi connectivity index (χ2n) is 5.58. The second kappa shape index (κ2) is 13.4. The Morgan fingerprint density at radius 3 is 2.81 bits per heavy atom. The Morgan fingerprint density at radius 2 is 2.15 bits per heavy atom. The maximum absolute atomic E-state index is 5.42. The molecule has 0 bridgehead atoms. The summed E-state index contributed by atoms with van der Waals surface area (Å²) in [5.41, 5.74) is 1.05. The van der Waals surface area contributed by atoms with Crippen LogP contribution in [0.25, 0.3) is 0 Å². The molecule has 2 rings (SSSR count). The monoisotopic (exact) mass is 509 g/mol. The summed E-state index contributed by atoms with van der Waals surface area (Å²) in [7, 11) is 1.77. The average molecular weight is 509 g/mol. The van der Waals surface area contributed by atoms with Crippen LogP contribution < -0.4 is 10.6 Å². The van der Waals surface area contributed by atoms with Crippen molar-refractivity contribution in [1.82, 2.24) is 20.8 Å². The molecule has 0 saturated heterocycles. The van der Waals surface area contributed by atoms with Crippen molar-refractivity contribution in [2.24, 2.45) is 4.99 Å². The first-order chi connectivity index (χ1) is 12.3. The van der Waals surface area contributed by atoms with Crippen LogP contribution in [0.3, 0.4) is 0 Å². The van der Waals surface area contributed by atoms with Crippen LogP contribution in [-0.2, 0) is 6.54 Å². The zero-order valence-electron chi connectivity index (χ0n) is 15.5. The van der Waals surface area contributed by atoms with Gasteiger partial charge in [0, 0.05) is 42.9 Å². The lowest BCUT2D eigenvalue weighted by Gasteiger charge is -2.10. The first kappa shape index (κ1) is 23.2. The van der Waals surface area contributed by atoms with Crippen molar-refractivity contribution in [2.75, 3.05) is 19.3 Å². The molecule has 6 nitrogen and oxygen atoms in total. The second-order valence-corrected chi connectivity index (χ2v) is 7.82. The molecule has 146 valence electrons. The Hall–Kier alpha value is -0.810. The number of aliphatic imine (C=N–C) groups is 1. The maximum atomic E-state index is 5.42. The molecule has 0 aromatic carbocycles. The van der Waals surface area contributed by atoms with Crippen LogP contribution in [0.4, 0.5) is 0 Å². The quantitative estimate of drug-likeness (QED) is 0.162. The first-order valence-electron chi connectivity index (χ1n) is 8.69. The highest BCUT2D eigenvalue weighted by atomic mass is 127. The molecule has 2 heterocycles. The van der Waals surface area contributed by atoms with Crippen LogP contribution in [-0.4, -0.2) is 35.4 Å². The number of thioether (sulfide) groups is 1. The summed E-state index contributed by atoms with van der Waals surface area (Å²) in [6, 6.07) is 2.04. The summed E-state index contributed by atoms with van der Waals surface area (Å²) in [4.78, 5) is 8.50. The van der Waals surface area contributed by atoms with Gasteiger partial charge in [0.2, 0.25) is 0 Å². The number of rotatable bonds is 10. The van der Waals surface area contributed by atoms with E-state index in [1.54, 1.807) is 30.1 Å². The normalized spacial score (nSPS) is 11.5. The predicted molar refractivity (Wildman–Crippen MR) is 121 cm³/mol. The highest BCUT2D eigenvalue weighted by Crippen LogP contribution is 2.22. The fourth-order valence-electron chi connectivity index (χ4n) is 2.42. The third-order valence-electron chi connectivity index (χ3n) is 3.88. The van der Waals surface area contributed by atoms with E-state index in [4.69, 9.17) is 4.52 Å². The van der Waals surface area contributed by atoms with Crippen LogP contribution in [0.15, 0.2) is 31.5 Å². The molecule has 0 spiro atoms. The highest BCUT2D eigenvalue weighted by Gasteiger charge is 2.13. The van der Waals surface area contributed by atoms with Crippen molar-refractivity contribution in [3.63, 3.8) is 0 Å². The van der Waals surface area contributed by atoms with Crippen molar-refractivity contribution < 1.29 is 4.52 Å². The van der Waals surface area contributed by atoms with E-state index >= 15 is 0 Å². The minimum absolute atomic E-state index is 0. The molecule has 2 aromatic heterocycles. The maximum Gasteiger partial charge on any atom is 0.191 e. The average Bonchev–Trinajstić information content (AvgIpc) is 3.30. The molecule has 0 saturated carbocycles. The lowest BCUT2D eigenvalue weighted by molar-refractivity contribution is 0.368. The Balaban J connectivity index is 0.00000338. The topological polar surface area (TPSA) is 75.3 Å². The lowest BCUT2D eigenvalue weighted by atomic mass is 9.99. The third kappa shape index (κ3) is 7.83. The van der Waals surface area contributed by atoms with E-state index in [1.165, 1.54) is 0 Å². The van der Waals surface area contributed by atoms with Gasteiger partial charge in [-0.15, -0.1) is 35.3 Å². The van der Waals surface area contributed by atoms with Crippen molar-refractivity contribution in [3.05, 3.63) is 29.1 Å². The SMILES string of the molecule is CCC(CC)c1cc(CNC(=NC)NCCCSc2nccs2)on1.I. The molecule has 2 aromatic rings. The molecular weight excluding hydrogens is 481 g/mol. The molecule has 0 fully saturated rings. The van der Waals surface area contributed by atoms with E-state index in [-0.39, 0.29) is 24.0 Å². The number of hydrogen-bond donors (Lipinski definition) is 2. The van der Waals surface area contributed by atoms with Crippen molar-refractivity contribution in [3.8, 4) is 0 Å². The largest absolute Gasteiger partial charge is 0.359 e. The fourth-order valence-corrected chi connectivity index (χ4v) is 4.07. The summed E-state index contributed by atoms with van der Waals surface area (Å²) < 4.78 is 6.55. The van der Waals surface area contributed by atoms with Gasteiger partial charge in [-0.3, -0.25) is 4.99 Å². The van der Waals surface area contributed by atoms with Crippen LogP contribution in [0.5, 0.6) is 0 Å². The smallest absolute Gasteiger partial charge is 0.191 e. The number of thiazole rings is 1. The lowest BCUT2D eigenvalue weighted by Crippen LogP contribution is -2.37. The van der Waals surface area contributed by atoms with E-state index in [1.807, 2.05) is 17.6 Å². The zero-order valence-corrected chi connectivity index (χ0v) is 19.5. The van der Waals surface area contributed by atoms with Crippen molar-refractivity contribution in [1.29, 1.82) is 0 Å². The predicted octanol–water partition coefficient (Wildman–Crippen LogP) is 4.50. The van der Waals surface area contributed by atoms with Gasteiger partial charge in [0.25, 0.3) is 0 Å². The third-order valence-corrected chi connectivity index (χ3v) is 5.94. The van der Waals surface area contributed by atoms with E-state index < -0.39 is 0 Å². The molecule has 0 amide bonds. The van der Waals surface area contributed by atoms with E-state index in [2.05, 4.69) is 39.6 Å². The number of guanidine groups is 1. The molecule has 0 aliphatic rings. The van der Waals surface area contributed by atoms with Gasteiger partial charge in [-0.2, -0.15) is 0 Å².